The number of carbonyl (C=O) groups excluding carboxylic acids is 1. The molecule has 4 rings (SSSR count). The number of hydrogen-bond donors (Lipinski definition) is 1. The van der Waals surface area contributed by atoms with E-state index in [1.54, 1.807) is 23.7 Å². The summed E-state index contributed by atoms with van der Waals surface area (Å²) in [7, 11) is 0. The average Bonchev–Trinajstić information content (AvgIpc) is 3.17. The maximum atomic E-state index is 13.3. The molecule has 2 aromatic carbocycles. The van der Waals surface area contributed by atoms with E-state index in [0.717, 1.165) is 12.0 Å². The van der Waals surface area contributed by atoms with Crippen LogP contribution in [-0.2, 0) is 16.0 Å². The summed E-state index contributed by atoms with van der Waals surface area (Å²) in [5, 5.41) is 7.82. The fourth-order valence-electron chi connectivity index (χ4n) is 3.59. The molecule has 0 radical (unpaired) electrons. The fourth-order valence-corrected chi connectivity index (χ4v) is 3.59. The Hall–Kier alpha value is -3.48. The van der Waals surface area contributed by atoms with Crippen LogP contribution in [-0.4, -0.2) is 27.3 Å². The van der Waals surface area contributed by atoms with Crippen molar-refractivity contribution in [2.75, 3.05) is 11.9 Å². The number of allylic oxidation sites excluding steroid dienone is 1. The third-order valence-corrected chi connectivity index (χ3v) is 5.15. The molecule has 3 aromatic rings. The monoisotopic (exact) mass is 406 g/mol. The van der Waals surface area contributed by atoms with E-state index in [9.17, 15) is 9.18 Å². The number of aryl methyl sites for hydroxylation is 1. The molecule has 1 aliphatic heterocycles. The minimum atomic E-state index is -0.479. The number of halogens is 1. The molecular formula is C23H23FN4O2. The van der Waals surface area contributed by atoms with Crippen molar-refractivity contribution in [1.29, 1.82) is 0 Å². The highest BCUT2D eigenvalue weighted by atomic mass is 19.1. The lowest BCUT2D eigenvalue weighted by atomic mass is 9.95. The zero-order chi connectivity index (χ0) is 21.3. The number of fused-ring (bicyclic) bond motifs is 1. The van der Waals surface area contributed by atoms with Gasteiger partial charge >= 0.3 is 5.97 Å². The average molecular weight is 406 g/mol. The molecule has 1 aromatic heterocycles. The molecule has 0 aliphatic carbocycles. The molecule has 1 unspecified atom stereocenters. The second kappa shape index (κ2) is 8.10. The lowest BCUT2D eigenvalue weighted by Crippen LogP contribution is -2.29. The van der Waals surface area contributed by atoms with E-state index < -0.39 is 12.0 Å². The quantitative estimate of drug-likeness (QED) is 0.632. The molecular weight excluding hydrogens is 383 g/mol. The van der Waals surface area contributed by atoms with Crippen molar-refractivity contribution in [3.63, 3.8) is 0 Å². The molecule has 0 spiro atoms. The Morgan fingerprint density at radius 3 is 2.47 bits per heavy atom. The van der Waals surface area contributed by atoms with E-state index in [4.69, 9.17) is 4.74 Å². The Balaban J connectivity index is 1.84. The van der Waals surface area contributed by atoms with Crippen LogP contribution < -0.4 is 5.32 Å². The first-order valence-corrected chi connectivity index (χ1v) is 9.98. The molecule has 0 amide bonds. The molecule has 0 saturated carbocycles. The topological polar surface area (TPSA) is 69.0 Å². The fraction of sp³-hybridized carbons (Fsp3) is 0.261. The predicted octanol–water partition coefficient (Wildman–Crippen LogP) is 4.50. The van der Waals surface area contributed by atoms with Crippen LogP contribution in [0.25, 0.3) is 11.4 Å². The van der Waals surface area contributed by atoms with Gasteiger partial charge < -0.3 is 10.1 Å². The molecule has 7 heteroatoms. The van der Waals surface area contributed by atoms with Gasteiger partial charge in [-0.3, -0.25) is 0 Å². The van der Waals surface area contributed by atoms with Gasteiger partial charge in [-0.15, -0.1) is 5.10 Å². The van der Waals surface area contributed by atoms with Gasteiger partial charge in [0, 0.05) is 11.3 Å². The van der Waals surface area contributed by atoms with Crippen LogP contribution in [0.15, 0.2) is 59.8 Å². The zero-order valence-corrected chi connectivity index (χ0v) is 17.1. The minimum absolute atomic E-state index is 0.280. The van der Waals surface area contributed by atoms with E-state index in [2.05, 4.69) is 22.3 Å². The number of anilines is 1. The highest BCUT2D eigenvalue weighted by Gasteiger charge is 2.35. The number of nitrogens with one attached hydrogen (secondary N) is 1. The van der Waals surface area contributed by atoms with E-state index in [1.165, 1.54) is 17.7 Å². The molecule has 0 fully saturated rings. The molecule has 0 bridgehead atoms. The number of ether oxygens (including phenoxy) is 1. The second-order valence-electron chi connectivity index (χ2n) is 7.09. The Morgan fingerprint density at radius 2 is 1.83 bits per heavy atom. The molecule has 0 saturated heterocycles. The van der Waals surface area contributed by atoms with Crippen molar-refractivity contribution in [3.05, 3.63) is 76.7 Å². The SMILES string of the molecule is CCOC(=O)C1=C(C)Nc2nc(-c3ccc(F)cc3)nn2C1c1ccc(CC)cc1. The van der Waals surface area contributed by atoms with Gasteiger partial charge in [0.2, 0.25) is 5.95 Å². The van der Waals surface area contributed by atoms with Crippen LogP contribution in [0, 0.1) is 5.82 Å². The Morgan fingerprint density at radius 1 is 1.13 bits per heavy atom. The molecule has 154 valence electrons. The Bertz CT molecular complexity index is 1100. The summed E-state index contributed by atoms with van der Waals surface area (Å²) in [6.45, 7) is 5.98. The van der Waals surface area contributed by atoms with Crippen molar-refractivity contribution in [3.8, 4) is 11.4 Å². The number of benzene rings is 2. The smallest absolute Gasteiger partial charge is 0.338 e. The first-order valence-electron chi connectivity index (χ1n) is 9.98. The first-order chi connectivity index (χ1) is 14.5. The van der Waals surface area contributed by atoms with Gasteiger partial charge in [0.05, 0.1) is 12.2 Å². The van der Waals surface area contributed by atoms with Crippen molar-refractivity contribution in [2.24, 2.45) is 0 Å². The summed E-state index contributed by atoms with van der Waals surface area (Å²) in [5.41, 5.74) is 3.97. The summed E-state index contributed by atoms with van der Waals surface area (Å²) >= 11 is 0. The van der Waals surface area contributed by atoms with E-state index >= 15 is 0 Å². The summed E-state index contributed by atoms with van der Waals surface area (Å²) in [6.07, 6.45) is 0.926. The van der Waals surface area contributed by atoms with E-state index in [-0.39, 0.29) is 12.4 Å². The summed E-state index contributed by atoms with van der Waals surface area (Å²) < 4.78 is 20.3. The van der Waals surface area contributed by atoms with Crippen LogP contribution in [0.1, 0.15) is 37.9 Å². The Labute approximate surface area is 174 Å². The number of hydrogen-bond acceptors (Lipinski definition) is 5. The van der Waals surface area contributed by atoms with Crippen LogP contribution in [0.4, 0.5) is 10.3 Å². The maximum absolute atomic E-state index is 13.3. The zero-order valence-electron chi connectivity index (χ0n) is 17.1. The van der Waals surface area contributed by atoms with Gasteiger partial charge in [-0.25, -0.2) is 13.9 Å². The summed E-state index contributed by atoms with van der Waals surface area (Å²) in [6, 6.07) is 13.6. The minimum Gasteiger partial charge on any atom is -0.463 e. The molecule has 2 heterocycles. The maximum Gasteiger partial charge on any atom is 0.338 e. The number of esters is 1. The van der Waals surface area contributed by atoms with Crippen molar-refractivity contribution in [1.82, 2.24) is 14.8 Å². The third-order valence-electron chi connectivity index (χ3n) is 5.15. The highest BCUT2D eigenvalue weighted by molar-refractivity contribution is 5.92. The standard InChI is InChI=1S/C23H23FN4O2/c1-4-15-6-8-16(9-7-15)20-19(22(29)30-5-2)14(3)25-23-26-21(27-28(20)23)17-10-12-18(24)13-11-17/h6-13,20H,4-5H2,1-3H3,(H,25,26,27). The van der Waals surface area contributed by atoms with E-state index in [1.807, 2.05) is 31.2 Å². The number of aromatic nitrogens is 3. The first kappa shape index (κ1) is 19.8. The van der Waals surface area contributed by atoms with Gasteiger partial charge in [-0.05, 0) is 55.7 Å². The molecule has 6 nitrogen and oxygen atoms in total. The highest BCUT2D eigenvalue weighted by Crippen LogP contribution is 2.37. The normalized spacial score (nSPS) is 15.5. The van der Waals surface area contributed by atoms with Crippen molar-refractivity contribution < 1.29 is 13.9 Å². The van der Waals surface area contributed by atoms with Gasteiger partial charge in [-0.1, -0.05) is 31.2 Å². The van der Waals surface area contributed by atoms with Crippen molar-refractivity contribution in [2.45, 2.75) is 33.2 Å². The molecule has 30 heavy (non-hydrogen) atoms. The van der Waals surface area contributed by atoms with Crippen LogP contribution in [0.5, 0.6) is 0 Å². The van der Waals surface area contributed by atoms with Crippen molar-refractivity contribution >= 4 is 11.9 Å². The number of nitrogens with zero attached hydrogens (tertiary/aromatic N) is 3. The molecule has 1 N–H and O–H groups in total. The lowest BCUT2D eigenvalue weighted by molar-refractivity contribution is -0.139. The molecule has 1 atom stereocenters. The lowest BCUT2D eigenvalue weighted by Gasteiger charge is -2.28. The van der Waals surface area contributed by atoms with Crippen LogP contribution >= 0.6 is 0 Å². The van der Waals surface area contributed by atoms with E-state index in [0.29, 0.717) is 28.6 Å². The number of carbonyl (C=O) groups is 1. The van der Waals surface area contributed by atoms with Gasteiger partial charge in [0.25, 0.3) is 0 Å². The van der Waals surface area contributed by atoms with Crippen LogP contribution in [0.3, 0.4) is 0 Å². The number of rotatable bonds is 5. The van der Waals surface area contributed by atoms with Gasteiger partial charge in [0.15, 0.2) is 5.82 Å². The van der Waals surface area contributed by atoms with Crippen LogP contribution in [0.2, 0.25) is 0 Å². The predicted molar refractivity (Wildman–Crippen MR) is 112 cm³/mol. The largest absolute Gasteiger partial charge is 0.463 e. The second-order valence-corrected chi connectivity index (χ2v) is 7.09. The Kier molecular flexibility index (Phi) is 5.35. The molecule has 1 aliphatic rings. The van der Waals surface area contributed by atoms with Gasteiger partial charge in [0.1, 0.15) is 11.9 Å². The van der Waals surface area contributed by atoms with Gasteiger partial charge in [-0.2, -0.15) is 4.98 Å². The summed E-state index contributed by atoms with van der Waals surface area (Å²) in [4.78, 5) is 17.4. The third kappa shape index (κ3) is 3.58. The summed E-state index contributed by atoms with van der Waals surface area (Å²) in [5.74, 6) is 0.253.